The first-order valence-corrected chi connectivity index (χ1v) is 13.1. The second kappa shape index (κ2) is 9.91. The third-order valence-corrected chi connectivity index (χ3v) is 9.72. The molecule has 0 radical (unpaired) electrons. The molecule has 0 aromatic heterocycles. The minimum atomic E-state index is -1.86. The normalized spacial score (nSPS) is 38.4. The minimum Gasteiger partial charge on any atom is -0.393 e. The van der Waals surface area contributed by atoms with Gasteiger partial charge in [0.15, 0.2) is 5.78 Å². The maximum Gasteiger partial charge on any atom is 0.360 e. The molecular weight excluding hydrogens is 506 g/mol. The van der Waals surface area contributed by atoms with Gasteiger partial charge in [0, 0.05) is 28.7 Å². The van der Waals surface area contributed by atoms with Crippen molar-refractivity contribution in [1.82, 2.24) is 0 Å². The molecule has 0 heterocycles. The molecule has 3 saturated carbocycles. The third-order valence-electron chi connectivity index (χ3n) is 9.72. The molecule has 11 heteroatoms. The van der Waals surface area contributed by atoms with Gasteiger partial charge >= 0.3 is 11.9 Å². The molecule has 0 aliphatic heterocycles. The summed E-state index contributed by atoms with van der Waals surface area (Å²) in [4.78, 5) is 58.2. The van der Waals surface area contributed by atoms with Crippen LogP contribution in [0.1, 0.15) is 72.1 Å². The molecule has 9 nitrogen and oxygen atoms in total. The van der Waals surface area contributed by atoms with Crippen molar-refractivity contribution in [3.8, 4) is 0 Å². The molecule has 7 atom stereocenters. The van der Waals surface area contributed by atoms with Gasteiger partial charge in [-0.3, -0.25) is 9.59 Å². The van der Waals surface area contributed by atoms with Gasteiger partial charge in [-0.15, -0.1) is 0 Å². The van der Waals surface area contributed by atoms with E-state index in [1.165, 1.54) is 6.92 Å². The van der Waals surface area contributed by atoms with E-state index in [9.17, 15) is 34.5 Å². The third kappa shape index (κ3) is 3.96. The van der Waals surface area contributed by atoms with Crippen LogP contribution in [-0.2, 0) is 29.0 Å². The lowest BCUT2D eigenvalue weighted by molar-refractivity contribution is -0.258. The van der Waals surface area contributed by atoms with E-state index >= 15 is 8.78 Å². The van der Waals surface area contributed by atoms with Crippen molar-refractivity contribution in [2.75, 3.05) is 6.61 Å². The van der Waals surface area contributed by atoms with Gasteiger partial charge in [-0.05, 0) is 62.9 Å². The highest BCUT2D eigenvalue weighted by Crippen LogP contribution is 2.69. The number of carbonyl (C=O) groups is 4. The number of Topliss-reactive ketones (excluding diaryl/α,β-unsaturated/α-hetero) is 2. The van der Waals surface area contributed by atoms with Crippen molar-refractivity contribution in [2.45, 2.75) is 83.8 Å². The fourth-order valence-corrected chi connectivity index (χ4v) is 7.97. The van der Waals surface area contributed by atoms with Gasteiger partial charge < -0.3 is 15.3 Å². The molecule has 38 heavy (non-hydrogen) atoms. The summed E-state index contributed by atoms with van der Waals surface area (Å²) in [6.45, 7) is 3.95. The summed E-state index contributed by atoms with van der Waals surface area (Å²) in [5.74, 6) is -8.58. The highest BCUT2D eigenvalue weighted by atomic mass is 19.2. The van der Waals surface area contributed by atoms with E-state index in [0.29, 0.717) is 19.3 Å². The van der Waals surface area contributed by atoms with Gasteiger partial charge in [0.2, 0.25) is 11.6 Å². The summed E-state index contributed by atoms with van der Waals surface area (Å²) in [7, 11) is 0. The molecule has 0 aromatic rings. The van der Waals surface area contributed by atoms with Gasteiger partial charge in [-0.1, -0.05) is 13.8 Å². The number of allylic oxidation sites excluding steroid dienone is 3. The zero-order chi connectivity index (χ0) is 28.2. The van der Waals surface area contributed by atoms with Crippen LogP contribution < -0.4 is 0 Å². The van der Waals surface area contributed by atoms with Crippen molar-refractivity contribution >= 4 is 23.5 Å². The zero-order valence-corrected chi connectivity index (χ0v) is 21.7. The Kier molecular flexibility index (Phi) is 7.44. The lowest BCUT2D eigenvalue weighted by Crippen LogP contribution is -2.62. The summed E-state index contributed by atoms with van der Waals surface area (Å²) in [6, 6.07) is 0. The second-order valence-electron chi connectivity index (χ2n) is 11.5. The van der Waals surface area contributed by atoms with Crippen molar-refractivity contribution in [1.29, 1.82) is 0 Å². The highest BCUT2D eigenvalue weighted by molar-refractivity contribution is 6.11. The minimum absolute atomic E-state index is 0.000869. The van der Waals surface area contributed by atoms with Crippen LogP contribution in [0.25, 0.3) is 0 Å². The molecule has 0 unspecified atom stereocenters. The Morgan fingerprint density at radius 2 is 1.76 bits per heavy atom. The van der Waals surface area contributed by atoms with Crippen LogP contribution in [-0.4, -0.2) is 57.1 Å². The van der Waals surface area contributed by atoms with Gasteiger partial charge in [0.05, 0.1) is 12.5 Å². The molecule has 4 aliphatic carbocycles. The highest BCUT2D eigenvalue weighted by Gasteiger charge is 2.69. The van der Waals surface area contributed by atoms with Crippen LogP contribution in [0.4, 0.5) is 8.78 Å². The van der Waals surface area contributed by atoms with Crippen molar-refractivity contribution in [3.05, 3.63) is 22.8 Å². The first-order chi connectivity index (χ1) is 17.8. The van der Waals surface area contributed by atoms with Crippen LogP contribution >= 0.6 is 0 Å². The predicted octanol–water partition coefficient (Wildman–Crippen LogP) is 2.71. The molecule has 0 amide bonds. The maximum absolute atomic E-state index is 15.7. The second-order valence-corrected chi connectivity index (χ2v) is 11.5. The van der Waals surface area contributed by atoms with E-state index in [0.717, 1.165) is 0 Å². The van der Waals surface area contributed by atoms with Crippen LogP contribution in [0, 0.1) is 28.6 Å². The van der Waals surface area contributed by atoms with Crippen molar-refractivity contribution < 1.29 is 53.1 Å². The smallest absolute Gasteiger partial charge is 0.360 e. The molecule has 3 fully saturated rings. The van der Waals surface area contributed by atoms with Crippen LogP contribution in [0.3, 0.4) is 0 Å². The first-order valence-electron chi connectivity index (χ1n) is 13.1. The molecule has 210 valence electrons. The van der Waals surface area contributed by atoms with E-state index < -0.39 is 82.6 Å². The molecule has 0 aromatic carbocycles. The van der Waals surface area contributed by atoms with E-state index in [-0.39, 0.29) is 42.7 Å². The number of carbonyl (C=O) groups excluding carboxylic acids is 4. The number of fused-ring (bicyclic) bond motifs is 5. The Labute approximate surface area is 218 Å². The number of aliphatic hydroxyl groups excluding tert-OH is 2. The van der Waals surface area contributed by atoms with E-state index in [1.807, 2.05) is 0 Å². The number of hydrogen-bond donors (Lipinski definition) is 3. The zero-order valence-electron chi connectivity index (χ0n) is 21.7. The van der Waals surface area contributed by atoms with E-state index in [2.05, 4.69) is 9.78 Å². The monoisotopic (exact) mass is 540 g/mol. The van der Waals surface area contributed by atoms with Crippen LogP contribution in [0.5, 0.6) is 0 Å². The summed E-state index contributed by atoms with van der Waals surface area (Å²) in [6.07, 6.45) is -0.779. The molecule has 3 N–H and O–H groups in total. The van der Waals surface area contributed by atoms with Gasteiger partial charge in [0.25, 0.3) is 0 Å². The lowest BCUT2D eigenvalue weighted by Gasteiger charge is -2.60. The topological polar surface area (TPSA) is 147 Å². The first kappa shape index (κ1) is 28.5. The Bertz CT molecular complexity index is 1130. The summed E-state index contributed by atoms with van der Waals surface area (Å²) >= 11 is 0. The maximum atomic E-state index is 15.7. The molecule has 4 aliphatic rings. The van der Waals surface area contributed by atoms with Crippen LogP contribution in [0.15, 0.2) is 22.8 Å². The number of rotatable bonds is 6. The molecule has 0 saturated heterocycles. The van der Waals surface area contributed by atoms with Crippen molar-refractivity contribution in [3.63, 3.8) is 0 Å². The van der Waals surface area contributed by atoms with Gasteiger partial charge in [-0.2, -0.15) is 4.39 Å². The summed E-state index contributed by atoms with van der Waals surface area (Å²) < 4.78 is 30.8. The largest absolute Gasteiger partial charge is 0.393 e. The molecule has 0 bridgehead atoms. The number of halogens is 2. The molecular formula is C27H34F2O9. The summed E-state index contributed by atoms with van der Waals surface area (Å²) in [5.41, 5.74) is -4.81. The van der Waals surface area contributed by atoms with Crippen molar-refractivity contribution in [2.24, 2.45) is 28.6 Å². The van der Waals surface area contributed by atoms with Gasteiger partial charge in [-0.25, -0.2) is 23.8 Å². The number of ketones is 2. The Hall–Kier alpha value is -2.50. The lowest BCUT2D eigenvalue weighted by atomic mass is 9.45. The Morgan fingerprint density at radius 1 is 1.11 bits per heavy atom. The Balaban J connectivity index is 1.70. The average molecular weight is 541 g/mol. The number of aliphatic hydroxyl groups is 3. The van der Waals surface area contributed by atoms with Gasteiger partial charge in [0.1, 0.15) is 18.0 Å². The quantitative estimate of drug-likeness (QED) is 0.342. The Morgan fingerprint density at radius 3 is 2.39 bits per heavy atom. The SMILES string of the molecule is CCCC(=O)OOC(=O)CC1=C2CC[C@@H]3[C@H]([C@@H](O)C[C@@]4(C)[C@H]3CC[C@]4(O)C(=O)CO)[C@@]2(C)C(F)=C(F)C1=O. The fraction of sp³-hybridized carbons (Fsp3) is 0.704. The summed E-state index contributed by atoms with van der Waals surface area (Å²) in [5, 5.41) is 32.2. The molecule has 4 rings (SSSR count). The van der Waals surface area contributed by atoms with E-state index in [4.69, 9.17) is 0 Å². The van der Waals surface area contributed by atoms with Crippen LogP contribution in [0.2, 0.25) is 0 Å². The standard InChI is InChI=1S/C27H34F2O9/c1-4-5-19(33)37-38-20(34)10-14-16-7-6-13-15-8-9-27(36,18(32)12-30)25(15,2)11-17(31)21(13)26(16,3)24(29)22(28)23(14)35/h13,15,17,21,30-31,36H,4-12H2,1-3H3/t13-,15-,17-,21+,25-,26-,27-/m0/s1. The number of hydrogen-bond acceptors (Lipinski definition) is 9. The molecule has 0 spiro atoms. The average Bonchev–Trinajstić information content (AvgIpc) is 3.14. The fourth-order valence-electron chi connectivity index (χ4n) is 7.97. The van der Waals surface area contributed by atoms with E-state index in [1.54, 1.807) is 13.8 Å². The predicted molar refractivity (Wildman–Crippen MR) is 126 cm³/mol.